The van der Waals surface area contributed by atoms with Gasteiger partial charge in [0.2, 0.25) is 0 Å². The highest BCUT2D eigenvalue weighted by Crippen LogP contribution is 2.33. The van der Waals surface area contributed by atoms with Crippen molar-refractivity contribution >= 4 is 11.6 Å². The first-order valence-electron chi connectivity index (χ1n) is 3.69. The van der Waals surface area contributed by atoms with Crippen LogP contribution in [0.4, 0.5) is 23.2 Å². The van der Waals surface area contributed by atoms with E-state index in [0.29, 0.717) is 12.1 Å². The zero-order valence-electron chi connectivity index (χ0n) is 7.23. The molecule has 0 radical (unpaired) electrons. The van der Waals surface area contributed by atoms with Crippen molar-refractivity contribution in [3.63, 3.8) is 0 Å². The molecule has 0 aromatic heterocycles. The number of nitrogens with two attached hydrogens (primary N) is 2. The van der Waals surface area contributed by atoms with Gasteiger partial charge in [-0.3, -0.25) is 4.79 Å². The lowest BCUT2D eigenvalue weighted by molar-refractivity contribution is -0.139. The van der Waals surface area contributed by atoms with Gasteiger partial charge < -0.3 is 11.5 Å². The van der Waals surface area contributed by atoms with Gasteiger partial charge >= 0.3 is 6.18 Å². The minimum atomic E-state index is -4.85. The first-order chi connectivity index (χ1) is 6.73. The third kappa shape index (κ3) is 2.17. The summed E-state index contributed by atoms with van der Waals surface area (Å²) in [4.78, 5) is 10.6. The minimum absolute atomic E-state index is 0.343. The fourth-order valence-corrected chi connectivity index (χ4v) is 1.02. The molecule has 0 heterocycles. The summed E-state index contributed by atoms with van der Waals surface area (Å²) in [5.41, 5.74) is 7.40. The predicted molar refractivity (Wildman–Crippen MR) is 44.3 cm³/mol. The molecule has 1 rings (SSSR count). The summed E-state index contributed by atoms with van der Waals surface area (Å²) in [5, 5.41) is 0. The Morgan fingerprint density at radius 3 is 2.20 bits per heavy atom. The number of amides is 1. The van der Waals surface area contributed by atoms with Crippen LogP contribution < -0.4 is 11.5 Å². The second kappa shape index (κ2) is 3.41. The highest BCUT2D eigenvalue weighted by Gasteiger charge is 2.35. The molecule has 0 aliphatic heterocycles. The number of carbonyl (C=O) groups is 1. The Bertz CT molecular complexity index is 414. The van der Waals surface area contributed by atoms with E-state index in [-0.39, 0.29) is 0 Å². The standard InChI is InChI=1S/C8H6F4N2O/c9-5-1-3(7(14)15)6(13)2-4(5)8(10,11)12/h1-2H,13H2,(H2,14,15). The first-order valence-corrected chi connectivity index (χ1v) is 3.69. The third-order valence-electron chi connectivity index (χ3n) is 1.71. The van der Waals surface area contributed by atoms with Crippen molar-refractivity contribution in [1.82, 2.24) is 0 Å². The van der Waals surface area contributed by atoms with E-state index in [9.17, 15) is 22.4 Å². The summed E-state index contributed by atoms with van der Waals surface area (Å²) in [6.45, 7) is 0. The molecule has 0 saturated carbocycles. The van der Waals surface area contributed by atoms with Crippen molar-refractivity contribution in [3.05, 3.63) is 29.1 Å². The molecule has 15 heavy (non-hydrogen) atoms. The quantitative estimate of drug-likeness (QED) is 0.558. The summed E-state index contributed by atoms with van der Waals surface area (Å²) in [5.74, 6) is -2.66. The highest BCUT2D eigenvalue weighted by atomic mass is 19.4. The summed E-state index contributed by atoms with van der Waals surface area (Å²) in [6.07, 6.45) is -4.85. The normalized spacial score (nSPS) is 11.5. The number of primary amides is 1. The second-order valence-corrected chi connectivity index (χ2v) is 2.78. The number of carbonyl (C=O) groups excluding carboxylic acids is 1. The second-order valence-electron chi connectivity index (χ2n) is 2.78. The molecule has 0 saturated heterocycles. The van der Waals surface area contributed by atoms with Crippen LogP contribution in [0.5, 0.6) is 0 Å². The number of hydrogen-bond donors (Lipinski definition) is 2. The van der Waals surface area contributed by atoms with E-state index in [2.05, 4.69) is 0 Å². The van der Waals surface area contributed by atoms with Crippen molar-refractivity contribution < 1.29 is 22.4 Å². The molecule has 0 unspecified atom stereocenters. The predicted octanol–water partition coefficient (Wildman–Crippen LogP) is 1.53. The van der Waals surface area contributed by atoms with Crippen molar-refractivity contribution in [2.75, 3.05) is 5.73 Å². The molecule has 7 heteroatoms. The van der Waals surface area contributed by atoms with Crippen LogP contribution in [-0.4, -0.2) is 5.91 Å². The molecule has 0 atom stereocenters. The van der Waals surface area contributed by atoms with Gasteiger partial charge in [-0.2, -0.15) is 13.2 Å². The number of benzene rings is 1. The lowest BCUT2D eigenvalue weighted by Gasteiger charge is -2.10. The van der Waals surface area contributed by atoms with E-state index in [0.717, 1.165) is 0 Å². The molecule has 0 spiro atoms. The minimum Gasteiger partial charge on any atom is -0.398 e. The highest BCUT2D eigenvalue weighted by molar-refractivity contribution is 5.98. The van der Waals surface area contributed by atoms with Gasteiger partial charge in [-0.05, 0) is 12.1 Å². The van der Waals surface area contributed by atoms with Crippen LogP contribution >= 0.6 is 0 Å². The molecule has 0 fully saturated rings. The lowest BCUT2D eigenvalue weighted by Crippen LogP contribution is -2.16. The number of rotatable bonds is 1. The Hall–Kier alpha value is -1.79. The number of alkyl halides is 3. The van der Waals surface area contributed by atoms with Crippen LogP contribution in [0.3, 0.4) is 0 Å². The van der Waals surface area contributed by atoms with Gasteiger partial charge in [-0.15, -0.1) is 0 Å². The largest absolute Gasteiger partial charge is 0.419 e. The molecular formula is C8H6F4N2O. The average Bonchev–Trinajstić information content (AvgIpc) is 2.06. The Morgan fingerprint density at radius 1 is 1.27 bits per heavy atom. The van der Waals surface area contributed by atoms with E-state index < -0.39 is 34.7 Å². The van der Waals surface area contributed by atoms with Gasteiger partial charge in [0.05, 0.1) is 11.1 Å². The Kier molecular flexibility index (Phi) is 2.57. The topological polar surface area (TPSA) is 69.1 Å². The van der Waals surface area contributed by atoms with Crippen molar-refractivity contribution in [3.8, 4) is 0 Å². The monoisotopic (exact) mass is 222 g/mol. The smallest absolute Gasteiger partial charge is 0.398 e. The van der Waals surface area contributed by atoms with E-state index >= 15 is 0 Å². The summed E-state index contributed by atoms with van der Waals surface area (Å²) in [7, 11) is 0. The molecule has 4 N–H and O–H groups in total. The molecule has 1 amide bonds. The number of anilines is 1. The molecule has 0 aliphatic rings. The number of halogens is 4. The van der Waals surface area contributed by atoms with Gasteiger partial charge in [0.25, 0.3) is 5.91 Å². The Balaban J connectivity index is 3.39. The summed E-state index contributed by atoms with van der Waals surface area (Å²) in [6, 6.07) is 0.718. The molecule has 1 aromatic carbocycles. The molecule has 0 aliphatic carbocycles. The maximum atomic E-state index is 12.9. The molecule has 1 aromatic rings. The van der Waals surface area contributed by atoms with Crippen LogP contribution in [0.2, 0.25) is 0 Å². The maximum Gasteiger partial charge on any atom is 0.419 e. The van der Waals surface area contributed by atoms with Crippen molar-refractivity contribution in [1.29, 1.82) is 0 Å². The van der Waals surface area contributed by atoms with Crippen LogP contribution in [0.1, 0.15) is 15.9 Å². The maximum absolute atomic E-state index is 12.9. The van der Waals surface area contributed by atoms with Gasteiger partial charge in [0.15, 0.2) is 0 Å². The van der Waals surface area contributed by atoms with Crippen molar-refractivity contribution in [2.24, 2.45) is 5.73 Å². The SMILES string of the molecule is NC(=O)c1cc(F)c(C(F)(F)F)cc1N. The van der Waals surface area contributed by atoms with Gasteiger partial charge in [-0.25, -0.2) is 4.39 Å². The fraction of sp³-hybridized carbons (Fsp3) is 0.125. The van der Waals surface area contributed by atoms with Gasteiger partial charge in [0, 0.05) is 5.69 Å². The van der Waals surface area contributed by atoms with Crippen molar-refractivity contribution in [2.45, 2.75) is 6.18 Å². The van der Waals surface area contributed by atoms with Crippen LogP contribution in [-0.2, 0) is 6.18 Å². The molecular weight excluding hydrogens is 216 g/mol. The van der Waals surface area contributed by atoms with E-state index in [1.165, 1.54) is 0 Å². The molecule has 3 nitrogen and oxygen atoms in total. The zero-order valence-corrected chi connectivity index (χ0v) is 7.23. The summed E-state index contributed by atoms with van der Waals surface area (Å²) >= 11 is 0. The van der Waals surface area contributed by atoms with E-state index in [4.69, 9.17) is 11.5 Å². The van der Waals surface area contributed by atoms with E-state index in [1.807, 2.05) is 0 Å². The van der Waals surface area contributed by atoms with Crippen LogP contribution in [0, 0.1) is 5.82 Å². The molecule has 0 bridgehead atoms. The summed E-state index contributed by atoms with van der Waals surface area (Å²) < 4.78 is 49.4. The van der Waals surface area contributed by atoms with Gasteiger partial charge in [0.1, 0.15) is 5.82 Å². The van der Waals surface area contributed by atoms with Crippen LogP contribution in [0.15, 0.2) is 12.1 Å². The third-order valence-corrected chi connectivity index (χ3v) is 1.71. The van der Waals surface area contributed by atoms with Crippen LogP contribution in [0.25, 0.3) is 0 Å². The number of nitrogen functional groups attached to an aromatic ring is 1. The Labute approximate surface area is 81.7 Å². The first kappa shape index (κ1) is 11.3. The molecule has 82 valence electrons. The zero-order chi connectivity index (χ0) is 11.8. The van der Waals surface area contributed by atoms with E-state index in [1.54, 1.807) is 0 Å². The average molecular weight is 222 g/mol. The fourth-order valence-electron chi connectivity index (χ4n) is 1.02. The van der Waals surface area contributed by atoms with Gasteiger partial charge in [-0.1, -0.05) is 0 Å². The number of hydrogen-bond acceptors (Lipinski definition) is 2. The Morgan fingerprint density at radius 2 is 1.80 bits per heavy atom. The lowest BCUT2D eigenvalue weighted by atomic mass is 10.1.